The largest absolute Gasteiger partial charge is 0.361 e. The van der Waals surface area contributed by atoms with Crippen molar-refractivity contribution >= 4 is 18.0 Å². The lowest BCUT2D eigenvalue weighted by Crippen LogP contribution is -2.36. The molecule has 1 heterocycles. The van der Waals surface area contributed by atoms with Gasteiger partial charge in [-0.2, -0.15) is 0 Å². The Labute approximate surface area is 190 Å². The van der Waals surface area contributed by atoms with Crippen LogP contribution in [0.4, 0.5) is 0 Å². The Bertz CT molecular complexity index is 718. The lowest BCUT2D eigenvalue weighted by molar-refractivity contribution is -0.198. The normalized spacial score (nSPS) is 20.2. The Morgan fingerprint density at radius 3 is 2.56 bits per heavy atom. The van der Waals surface area contributed by atoms with Gasteiger partial charge in [-0.1, -0.05) is 38.5 Å². The molecule has 0 radical (unpaired) electrons. The van der Waals surface area contributed by atoms with E-state index in [4.69, 9.17) is 9.57 Å². The Morgan fingerprint density at radius 1 is 1.06 bits per heavy atom. The third-order valence-electron chi connectivity index (χ3n) is 5.27. The number of hydrogen-bond donors (Lipinski definition) is 3. The molecule has 0 aromatic carbocycles. The first-order valence-electron chi connectivity index (χ1n) is 11.4. The SMILES string of the molecule is C=C/C=C(\N=CC(=C)/C=C/C(=O)NOC1CCCCO1)NCC(=O)NCC1CCCCC1. The van der Waals surface area contributed by atoms with E-state index in [0.29, 0.717) is 23.9 Å². The summed E-state index contributed by atoms with van der Waals surface area (Å²) in [6.07, 6.45) is 16.1. The van der Waals surface area contributed by atoms with Gasteiger partial charge in [-0.3, -0.25) is 9.59 Å². The van der Waals surface area contributed by atoms with E-state index < -0.39 is 12.2 Å². The molecule has 3 N–H and O–H groups in total. The summed E-state index contributed by atoms with van der Waals surface area (Å²) in [6.45, 7) is 9.00. The van der Waals surface area contributed by atoms with Crippen LogP contribution in [0.1, 0.15) is 51.4 Å². The lowest BCUT2D eigenvalue weighted by atomic mass is 9.89. The van der Waals surface area contributed by atoms with E-state index in [1.165, 1.54) is 50.5 Å². The fourth-order valence-electron chi connectivity index (χ4n) is 3.48. The van der Waals surface area contributed by atoms with Gasteiger partial charge >= 0.3 is 0 Å². The molecule has 0 aromatic heterocycles. The molecule has 2 amide bonds. The highest BCUT2D eigenvalue weighted by molar-refractivity contribution is 5.90. The van der Waals surface area contributed by atoms with Gasteiger partial charge in [-0.25, -0.2) is 15.3 Å². The van der Waals surface area contributed by atoms with Crippen LogP contribution in [0, 0.1) is 5.92 Å². The van der Waals surface area contributed by atoms with Crippen molar-refractivity contribution in [2.75, 3.05) is 19.7 Å². The predicted octanol–water partition coefficient (Wildman–Crippen LogP) is 3.06. The van der Waals surface area contributed by atoms with Crippen molar-refractivity contribution < 1.29 is 19.2 Å². The van der Waals surface area contributed by atoms with Crippen molar-refractivity contribution in [1.82, 2.24) is 16.1 Å². The summed E-state index contributed by atoms with van der Waals surface area (Å²) in [6, 6.07) is 0. The second-order valence-electron chi connectivity index (χ2n) is 8.00. The van der Waals surface area contributed by atoms with E-state index in [1.54, 1.807) is 12.2 Å². The molecule has 8 nitrogen and oxygen atoms in total. The van der Waals surface area contributed by atoms with Crippen molar-refractivity contribution in [1.29, 1.82) is 0 Å². The Balaban J connectivity index is 1.68. The van der Waals surface area contributed by atoms with E-state index in [1.807, 2.05) is 0 Å². The smallest absolute Gasteiger partial charge is 0.267 e. The summed E-state index contributed by atoms with van der Waals surface area (Å²) in [5.41, 5.74) is 2.85. The molecular weight excluding hydrogens is 408 g/mol. The summed E-state index contributed by atoms with van der Waals surface area (Å²) in [5.74, 6) is 0.577. The van der Waals surface area contributed by atoms with Gasteiger partial charge in [0, 0.05) is 31.9 Å². The van der Waals surface area contributed by atoms with Gasteiger partial charge in [0.05, 0.1) is 6.54 Å². The molecule has 1 aliphatic carbocycles. The number of ether oxygens (including phenoxy) is 1. The number of nitrogens with one attached hydrogen (secondary N) is 3. The first-order valence-corrected chi connectivity index (χ1v) is 11.4. The molecule has 1 saturated carbocycles. The molecule has 0 aromatic rings. The molecule has 0 spiro atoms. The third kappa shape index (κ3) is 11.1. The van der Waals surface area contributed by atoms with Crippen LogP contribution in [0.3, 0.4) is 0 Å². The molecule has 176 valence electrons. The molecule has 0 bridgehead atoms. The number of carbonyl (C=O) groups excluding carboxylic acids is 2. The van der Waals surface area contributed by atoms with Gasteiger partial charge in [0.15, 0.2) is 6.29 Å². The van der Waals surface area contributed by atoms with Gasteiger partial charge in [-0.15, -0.1) is 0 Å². The van der Waals surface area contributed by atoms with Crippen LogP contribution in [-0.2, 0) is 19.2 Å². The van der Waals surface area contributed by atoms with Crippen molar-refractivity contribution in [3.63, 3.8) is 0 Å². The van der Waals surface area contributed by atoms with E-state index in [-0.39, 0.29) is 12.5 Å². The number of aliphatic imine (C=N–C) groups is 1. The van der Waals surface area contributed by atoms with E-state index >= 15 is 0 Å². The first kappa shape index (κ1) is 25.5. The fourth-order valence-corrected chi connectivity index (χ4v) is 3.48. The van der Waals surface area contributed by atoms with Crippen molar-refractivity contribution in [3.8, 4) is 0 Å². The van der Waals surface area contributed by atoms with Gasteiger partial charge in [-0.05, 0) is 49.3 Å². The number of hydroxylamine groups is 1. The Morgan fingerprint density at radius 2 is 1.84 bits per heavy atom. The number of allylic oxidation sites excluding steroid dienone is 4. The summed E-state index contributed by atoms with van der Waals surface area (Å²) in [4.78, 5) is 33.4. The lowest BCUT2D eigenvalue weighted by Gasteiger charge is -2.21. The average Bonchev–Trinajstić information content (AvgIpc) is 2.83. The quantitative estimate of drug-likeness (QED) is 0.186. The highest BCUT2D eigenvalue weighted by Gasteiger charge is 2.15. The van der Waals surface area contributed by atoms with Crippen LogP contribution < -0.4 is 16.1 Å². The predicted molar refractivity (Wildman–Crippen MR) is 125 cm³/mol. The molecule has 1 unspecified atom stereocenters. The molecule has 8 heteroatoms. The second-order valence-corrected chi connectivity index (χ2v) is 8.00. The van der Waals surface area contributed by atoms with Crippen LogP contribution in [0.5, 0.6) is 0 Å². The van der Waals surface area contributed by atoms with Crippen molar-refractivity contribution in [2.45, 2.75) is 57.7 Å². The van der Waals surface area contributed by atoms with Gasteiger partial charge in [0.25, 0.3) is 5.91 Å². The maximum absolute atomic E-state index is 12.1. The molecule has 1 saturated heterocycles. The van der Waals surface area contributed by atoms with Gasteiger partial charge < -0.3 is 15.4 Å². The van der Waals surface area contributed by atoms with Gasteiger partial charge in [0.2, 0.25) is 5.91 Å². The molecule has 2 rings (SSSR count). The van der Waals surface area contributed by atoms with Crippen molar-refractivity contribution in [2.24, 2.45) is 10.9 Å². The number of hydrogen-bond acceptors (Lipinski definition) is 6. The fraction of sp³-hybridized carbons (Fsp3) is 0.542. The van der Waals surface area contributed by atoms with Crippen LogP contribution >= 0.6 is 0 Å². The maximum atomic E-state index is 12.1. The molecule has 2 aliphatic rings. The third-order valence-corrected chi connectivity index (χ3v) is 5.27. The highest BCUT2D eigenvalue weighted by Crippen LogP contribution is 2.22. The minimum absolute atomic E-state index is 0.0712. The molecule has 1 aliphatic heterocycles. The summed E-state index contributed by atoms with van der Waals surface area (Å²) >= 11 is 0. The molecule has 32 heavy (non-hydrogen) atoms. The molecular formula is C24H36N4O4. The number of nitrogens with zero attached hydrogens (tertiary/aromatic N) is 1. The van der Waals surface area contributed by atoms with Gasteiger partial charge in [0.1, 0.15) is 5.82 Å². The highest BCUT2D eigenvalue weighted by atomic mass is 16.8. The standard InChI is InChI=1S/C24H36N4O4/c1-3-9-21(26-18-23(30)27-17-20-10-5-4-6-11-20)25-16-19(2)13-14-22(29)28-32-24-12-7-8-15-31-24/h3,9,13-14,16,20,24,26H,1-2,4-8,10-12,15,17-18H2,(H,27,30)(H,28,29)/b14-13+,21-9+,25-16?. The zero-order valence-corrected chi connectivity index (χ0v) is 18.8. The summed E-state index contributed by atoms with van der Waals surface area (Å²) in [7, 11) is 0. The van der Waals surface area contributed by atoms with Crippen molar-refractivity contribution in [3.05, 3.63) is 48.9 Å². The molecule has 1 atom stereocenters. The maximum Gasteiger partial charge on any atom is 0.267 e. The zero-order chi connectivity index (χ0) is 23.0. The average molecular weight is 445 g/mol. The Hall–Kier alpha value is -2.71. The topological polar surface area (TPSA) is 101 Å². The van der Waals surface area contributed by atoms with Crippen LogP contribution in [-0.4, -0.2) is 44.0 Å². The number of amides is 2. The van der Waals surface area contributed by atoms with E-state index in [2.05, 4.69) is 34.3 Å². The monoisotopic (exact) mass is 444 g/mol. The minimum atomic E-state index is -0.414. The summed E-state index contributed by atoms with van der Waals surface area (Å²) in [5, 5.41) is 5.97. The number of carbonyl (C=O) groups is 2. The number of rotatable bonds is 12. The van der Waals surface area contributed by atoms with E-state index in [0.717, 1.165) is 25.8 Å². The van der Waals surface area contributed by atoms with Crippen LogP contribution in [0.15, 0.2) is 53.8 Å². The minimum Gasteiger partial charge on any atom is -0.361 e. The summed E-state index contributed by atoms with van der Waals surface area (Å²) < 4.78 is 5.38. The molecule has 2 fully saturated rings. The second kappa shape index (κ2) is 15.2. The van der Waals surface area contributed by atoms with Crippen LogP contribution in [0.2, 0.25) is 0 Å². The zero-order valence-electron chi connectivity index (χ0n) is 18.8. The van der Waals surface area contributed by atoms with E-state index in [9.17, 15) is 9.59 Å². The Kier molecular flexibility index (Phi) is 12.1. The first-order chi connectivity index (χ1) is 15.6. The van der Waals surface area contributed by atoms with Crippen LogP contribution in [0.25, 0.3) is 0 Å².